The third-order valence-corrected chi connectivity index (χ3v) is 3.62. The number of anilines is 1. The molecule has 1 fully saturated rings. The van der Waals surface area contributed by atoms with Gasteiger partial charge in [-0.25, -0.2) is 0 Å². The molecule has 0 amide bonds. The fraction of sp³-hybridized carbons (Fsp3) is 0.571. The van der Waals surface area contributed by atoms with Crippen LogP contribution in [0, 0.1) is 0 Å². The number of rotatable bonds is 4. The fourth-order valence-corrected chi connectivity index (χ4v) is 2.75. The van der Waals surface area contributed by atoms with Crippen LogP contribution in [0.4, 0.5) is 5.69 Å². The van der Waals surface area contributed by atoms with Gasteiger partial charge in [-0.1, -0.05) is 11.6 Å². The molecule has 0 spiro atoms. The van der Waals surface area contributed by atoms with Crippen LogP contribution in [-0.4, -0.2) is 25.8 Å². The minimum Gasteiger partial charge on any atom is -0.377 e. The van der Waals surface area contributed by atoms with Gasteiger partial charge in [-0.05, 0) is 43.5 Å². The van der Waals surface area contributed by atoms with Crippen LogP contribution < -0.4 is 10.6 Å². The predicted molar refractivity (Wildman–Crippen MR) is 76.2 cm³/mol. The monoisotopic (exact) mass is 268 g/mol. The van der Waals surface area contributed by atoms with E-state index < -0.39 is 0 Å². The van der Waals surface area contributed by atoms with Crippen molar-refractivity contribution in [3.63, 3.8) is 0 Å². The van der Waals surface area contributed by atoms with Gasteiger partial charge >= 0.3 is 0 Å². The van der Waals surface area contributed by atoms with Crippen LogP contribution in [0.2, 0.25) is 5.02 Å². The van der Waals surface area contributed by atoms with Crippen LogP contribution in [0.25, 0.3) is 0 Å². The topological polar surface area (TPSA) is 38.5 Å². The Labute approximate surface area is 114 Å². The third kappa shape index (κ3) is 3.16. The molecule has 0 radical (unpaired) electrons. The molecule has 1 aliphatic rings. The summed E-state index contributed by atoms with van der Waals surface area (Å²) in [5.41, 5.74) is 8.11. The Morgan fingerprint density at radius 1 is 1.50 bits per heavy atom. The van der Waals surface area contributed by atoms with Crippen molar-refractivity contribution in [2.75, 3.05) is 24.6 Å². The molecule has 1 atom stereocenters. The smallest absolute Gasteiger partial charge is 0.0750 e. The van der Waals surface area contributed by atoms with Gasteiger partial charge in [-0.2, -0.15) is 0 Å². The zero-order valence-electron chi connectivity index (χ0n) is 10.9. The van der Waals surface area contributed by atoms with Crippen LogP contribution in [0.3, 0.4) is 0 Å². The Morgan fingerprint density at radius 2 is 2.33 bits per heavy atom. The molecular weight excluding hydrogens is 248 g/mol. The van der Waals surface area contributed by atoms with Gasteiger partial charge < -0.3 is 15.4 Å². The Morgan fingerprint density at radius 3 is 3.06 bits per heavy atom. The summed E-state index contributed by atoms with van der Waals surface area (Å²) in [7, 11) is 0. The van der Waals surface area contributed by atoms with E-state index in [9.17, 15) is 0 Å². The summed E-state index contributed by atoms with van der Waals surface area (Å²) in [6.45, 7) is 5.36. The average molecular weight is 269 g/mol. The van der Waals surface area contributed by atoms with Gasteiger partial charge in [0.15, 0.2) is 0 Å². The highest BCUT2D eigenvalue weighted by Gasteiger charge is 2.21. The van der Waals surface area contributed by atoms with E-state index in [0.717, 1.165) is 43.1 Å². The highest BCUT2D eigenvalue weighted by Crippen LogP contribution is 2.27. The molecular formula is C14H21ClN2O. The lowest BCUT2D eigenvalue weighted by Gasteiger charge is -2.35. The first-order chi connectivity index (χ1) is 8.74. The largest absolute Gasteiger partial charge is 0.377 e. The molecule has 1 unspecified atom stereocenters. The van der Waals surface area contributed by atoms with Crippen molar-refractivity contribution in [2.45, 2.75) is 32.4 Å². The Hall–Kier alpha value is -0.770. The molecule has 18 heavy (non-hydrogen) atoms. The van der Waals surface area contributed by atoms with E-state index in [-0.39, 0.29) is 0 Å². The molecule has 2 N–H and O–H groups in total. The number of nitrogens with two attached hydrogens (primary N) is 1. The predicted octanol–water partition coefficient (Wildman–Crippen LogP) is 2.80. The highest BCUT2D eigenvalue weighted by atomic mass is 35.5. The fourth-order valence-electron chi connectivity index (χ4n) is 2.55. The second-order valence-corrected chi connectivity index (χ2v) is 5.08. The van der Waals surface area contributed by atoms with Crippen molar-refractivity contribution in [1.82, 2.24) is 0 Å². The van der Waals surface area contributed by atoms with Crippen LogP contribution in [-0.2, 0) is 11.3 Å². The first-order valence-corrected chi connectivity index (χ1v) is 6.97. The Balaban J connectivity index is 2.15. The number of piperidine rings is 1. The van der Waals surface area contributed by atoms with Crippen LogP contribution in [0.15, 0.2) is 18.2 Å². The molecule has 4 heteroatoms. The molecule has 0 bridgehead atoms. The normalized spacial score (nSPS) is 20.2. The van der Waals surface area contributed by atoms with E-state index >= 15 is 0 Å². The highest BCUT2D eigenvalue weighted by molar-refractivity contribution is 6.30. The summed E-state index contributed by atoms with van der Waals surface area (Å²) < 4.78 is 5.73. The summed E-state index contributed by atoms with van der Waals surface area (Å²) >= 11 is 6.01. The molecule has 2 rings (SSSR count). The van der Waals surface area contributed by atoms with Gasteiger partial charge in [-0.3, -0.25) is 0 Å². The summed E-state index contributed by atoms with van der Waals surface area (Å²) in [6, 6.07) is 5.96. The Bertz CT molecular complexity index is 395. The first-order valence-electron chi connectivity index (χ1n) is 6.59. The number of benzene rings is 1. The van der Waals surface area contributed by atoms with Crippen molar-refractivity contribution in [1.29, 1.82) is 0 Å². The lowest BCUT2D eigenvalue weighted by molar-refractivity contribution is 0.0526. The molecule has 1 saturated heterocycles. The maximum atomic E-state index is 6.01. The summed E-state index contributed by atoms with van der Waals surface area (Å²) in [5.74, 6) is 0. The van der Waals surface area contributed by atoms with Gasteiger partial charge in [0.05, 0.1) is 6.10 Å². The maximum Gasteiger partial charge on any atom is 0.0750 e. The summed E-state index contributed by atoms with van der Waals surface area (Å²) in [5, 5.41) is 0.748. The number of hydrogen-bond donors (Lipinski definition) is 1. The van der Waals surface area contributed by atoms with Crippen molar-refractivity contribution in [2.24, 2.45) is 5.73 Å². The zero-order chi connectivity index (χ0) is 13.0. The van der Waals surface area contributed by atoms with E-state index in [1.54, 1.807) is 0 Å². The summed E-state index contributed by atoms with van der Waals surface area (Å²) in [4.78, 5) is 2.36. The van der Waals surface area contributed by atoms with Crippen molar-refractivity contribution >= 4 is 17.3 Å². The molecule has 0 saturated carbocycles. The van der Waals surface area contributed by atoms with E-state index in [1.807, 2.05) is 19.1 Å². The van der Waals surface area contributed by atoms with Crippen LogP contribution in [0.1, 0.15) is 25.3 Å². The molecule has 0 aromatic heterocycles. The first kappa shape index (κ1) is 13.7. The van der Waals surface area contributed by atoms with Crippen LogP contribution >= 0.6 is 11.6 Å². The molecule has 1 aromatic carbocycles. The van der Waals surface area contributed by atoms with Crippen LogP contribution in [0.5, 0.6) is 0 Å². The number of ether oxygens (including phenoxy) is 1. The zero-order valence-corrected chi connectivity index (χ0v) is 11.6. The quantitative estimate of drug-likeness (QED) is 0.913. The average Bonchev–Trinajstić information content (AvgIpc) is 2.39. The molecule has 100 valence electrons. The molecule has 1 aromatic rings. The van der Waals surface area contributed by atoms with Gasteiger partial charge in [-0.15, -0.1) is 0 Å². The van der Waals surface area contributed by atoms with Crippen molar-refractivity contribution < 1.29 is 4.74 Å². The van der Waals surface area contributed by atoms with Gasteiger partial charge in [0.1, 0.15) is 0 Å². The van der Waals surface area contributed by atoms with Crippen molar-refractivity contribution in [3.8, 4) is 0 Å². The maximum absolute atomic E-state index is 6.01. The second kappa shape index (κ2) is 6.41. The Kier molecular flexibility index (Phi) is 4.87. The lowest BCUT2D eigenvalue weighted by Crippen LogP contribution is -2.40. The minimum absolute atomic E-state index is 0.338. The number of halogens is 1. The second-order valence-electron chi connectivity index (χ2n) is 4.64. The summed E-state index contributed by atoms with van der Waals surface area (Å²) in [6.07, 6.45) is 2.65. The molecule has 1 heterocycles. The van der Waals surface area contributed by atoms with Gasteiger partial charge in [0.25, 0.3) is 0 Å². The van der Waals surface area contributed by atoms with E-state index in [4.69, 9.17) is 22.1 Å². The SMILES string of the molecule is CCOC1CCCN(c2ccc(Cl)cc2CN)C1. The number of nitrogens with zero attached hydrogens (tertiary/aromatic N) is 1. The van der Waals surface area contributed by atoms with Crippen molar-refractivity contribution in [3.05, 3.63) is 28.8 Å². The van der Waals surface area contributed by atoms with Gasteiger partial charge in [0, 0.05) is 37.0 Å². The number of hydrogen-bond acceptors (Lipinski definition) is 3. The van der Waals surface area contributed by atoms with E-state index in [1.165, 1.54) is 5.69 Å². The third-order valence-electron chi connectivity index (χ3n) is 3.38. The lowest BCUT2D eigenvalue weighted by atomic mass is 10.0. The van der Waals surface area contributed by atoms with E-state index in [2.05, 4.69) is 11.0 Å². The standard InChI is InChI=1S/C14H21ClN2O/c1-2-18-13-4-3-7-17(10-13)14-6-5-12(15)8-11(14)9-16/h5-6,8,13H,2-4,7,9-10,16H2,1H3. The van der Waals surface area contributed by atoms with Gasteiger partial charge in [0.2, 0.25) is 0 Å². The molecule has 3 nitrogen and oxygen atoms in total. The van der Waals surface area contributed by atoms with E-state index in [0.29, 0.717) is 12.6 Å². The minimum atomic E-state index is 0.338. The molecule has 0 aliphatic carbocycles. The molecule has 1 aliphatic heterocycles.